The minimum absolute atomic E-state index is 0.109. The molecule has 1 saturated heterocycles. The summed E-state index contributed by atoms with van der Waals surface area (Å²) in [5.41, 5.74) is 1.51. The number of nitrogens with zero attached hydrogens (tertiary/aromatic N) is 3. The molecule has 0 saturated carbocycles. The molecule has 6 heteroatoms. The molecule has 0 unspecified atom stereocenters. The summed E-state index contributed by atoms with van der Waals surface area (Å²) in [6, 6.07) is 3.89. The fourth-order valence-electron chi connectivity index (χ4n) is 2.66. The minimum Gasteiger partial charge on any atom is -0.357 e. The van der Waals surface area contributed by atoms with Crippen LogP contribution in [0, 0.1) is 6.92 Å². The lowest BCUT2D eigenvalue weighted by atomic mass is 10.2. The lowest BCUT2D eigenvalue weighted by Gasteiger charge is -2.16. The van der Waals surface area contributed by atoms with Crippen LogP contribution in [0.5, 0.6) is 0 Å². The Labute approximate surface area is 140 Å². The SMILES string of the molecule is Cc1nc(C(C)C)sc1C(=O)Nc1ccc(N2CCCC2)nc1. The van der Waals surface area contributed by atoms with Crippen LogP contribution in [0.2, 0.25) is 0 Å². The van der Waals surface area contributed by atoms with Gasteiger partial charge in [-0.25, -0.2) is 9.97 Å². The molecular formula is C17H22N4OS. The van der Waals surface area contributed by atoms with E-state index < -0.39 is 0 Å². The number of carbonyl (C=O) groups excluding carboxylic acids is 1. The zero-order chi connectivity index (χ0) is 16.4. The molecular weight excluding hydrogens is 308 g/mol. The van der Waals surface area contributed by atoms with E-state index in [4.69, 9.17) is 0 Å². The second kappa shape index (κ2) is 6.66. The Bertz CT molecular complexity index is 687. The molecule has 0 bridgehead atoms. The third kappa shape index (κ3) is 3.52. The van der Waals surface area contributed by atoms with Crippen LogP contribution in [-0.2, 0) is 0 Å². The van der Waals surface area contributed by atoms with Gasteiger partial charge in [-0.1, -0.05) is 13.8 Å². The largest absolute Gasteiger partial charge is 0.357 e. The molecule has 1 fully saturated rings. The number of hydrogen-bond donors (Lipinski definition) is 1. The molecule has 1 aliphatic heterocycles. The van der Waals surface area contributed by atoms with Crippen LogP contribution < -0.4 is 10.2 Å². The zero-order valence-corrected chi connectivity index (χ0v) is 14.6. The average molecular weight is 330 g/mol. The van der Waals surface area contributed by atoms with Gasteiger partial charge in [-0.05, 0) is 31.9 Å². The summed E-state index contributed by atoms with van der Waals surface area (Å²) in [5.74, 6) is 1.21. The molecule has 1 N–H and O–H groups in total. The number of rotatable bonds is 4. The van der Waals surface area contributed by atoms with E-state index in [0.717, 1.165) is 35.3 Å². The van der Waals surface area contributed by atoms with Crippen LogP contribution in [0.25, 0.3) is 0 Å². The summed E-state index contributed by atoms with van der Waals surface area (Å²) in [6.45, 7) is 8.18. The monoisotopic (exact) mass is 330 g/mol. The normalized spacial score (nSPS) is 14.5. The van der Waals surface area contributed by atoms with Gasteiger partial charge in [0.25, 0.3) is 5.91 Å². The number of carbonyl (C=O) groups is 1. The Morgan fingerprint density at radius 1 is 1.30 bits per heavy atom. The number of aromatic nitrogens is 2. The van der Waals surface area contributed by atoms with Crippen LogP contribution >= 0.6 is 11.3 Å². The highest BCUT2D eigenvalue weighted by Gasteiger charge is 2.17. The van der Waals surface area contributed by atoms with E-state index in [-0.39, 0.29) is 5.91 Å². The summed E-state index contributed by atoms with van der Waals surface area (Å²) >= 11 is 1.47. The molecule has 0 radical (unpaired) electrons. The number of aryl methyl sites for hydroxylation is 1. The molecule has 2 aromatic rings. The van der Waals surface area contributed by atoms with Gasteiger partial charge >= 0.3 is 0 Å². The maximum Gasteiger partial charge on any atom is 0.267 e. The van der Waals surface area contributed by atoms with Gasteiger partial charge in [0.05, 0.1) is 22.6 Å². The van der Waals surface area contributed by atoms with Crippen molar-refractivity contribution in [3.05, 3.63) is 33.9 Å². The van der Waals surface area contributed by atoms with Crippen molar-refractivity contribution in [1.82, 2.24) is 9.97 Å². The fraction of sp³-hybridized carbons (Fsp3) is 0.471. The second-order valence-corrected chi connectivity index (χ2v) is 7.21. The maximum absolute atomic E-state index is 12.4. The first-order valence-corrected chi connectivity index (χ1v) is 8.86. The van der Waals surface area contributed by atoms with E-state index in [1.54, 1.807) is 6.20 Å². The van der Waals surface area contributed by atoms with Crippen molar-refractivity contribution in [2.75, 3.05) is 23.3 Å². The fourth-order valence-corrected chi connectivity index (χ4v) is 3.62. The summed E-state index contributed by atoms with van der Waals surface area (Å²) in [5, 5.41) is 3.92. The highest BCUT2D eigenvalue weighted by Crippen LogP contribution is 2.25. The van der Waals surface area contributed by atoms with E-state index in [0.29, 0.717) is 10.8 Å². The topological polar surface area (TPSA) is 58.1 Å². The minimum atomic E-state index is -0.109. The van der Waals surface area contributed by atoms with Crippen LogP contribution in [0.15, 0.2) is 18.3 Å². The molecule has 1 aliphatic rings. The second-order valence-electron chi connectivity index (χ2n) is 6.17. The molecule has 0 spiro atoms. The molecule has 2 aromatic heterocycles. The van der Waals surface area contributed by atoms with Crippen molar-refractivity contribution in [1.29, 1.82) is 0 Å². The standard InChI is InChI=1S/C17H22N4OS/c1-11(2)17-19-12(3)15(23-17)16(22)20-13-6-7-14(18-10-13)21-8-4-5-9-21/h6-7,10-11H,4-5,8-9H2,1-3H3,(H,20,22). The highest BCUT2D eigenvalue weighted by atomic mass is 32.1. The number of amides is 1. The van der Waals surface area contributed by atoms with Gasteiger partial charge < -0.3 is 10.2 Å². The first-order chi connectivity index (χ1) is 11.0. The molecule has 0 aromatic carbocycles. The lowest BCUT2D eigenvalue weighted by molar-refractivity contribution is 0.103. The van der Waals surface area contributed by atoms with Crippen LogP contribution in [0.3, 0.4) is 0 Å². The quantitative estimate of drug-likeness (QED) is 0.926. The molecule has 0 aliphatic carbocycles. The highest BCUT2D eigenvalue weighted by molar-refractivity contribution is 7.14. The Balaban J connectivity index is 1.70. The first kappa shape index (κ1) is 15.9. The summed E-state index contributed by atoms with van der Waals surface area (Å²) < 4.78 is 0. The number of nitrogens with one attached hydrogen (secondary N) is 1. The summed E-state index contributed by atoms with van der Waals surface area (Å²) in [4.78, 5) is 24.3. The van der Waals surface area contributed by atoms with Crippen molar-refractivity contribution >= 4 is 28.7 Å². The molecule has 5 nitrogen and oxygen atoms in total. The summed E-state index contributed by atoms with van der Waals surface area (Å²) in [7, 11) is 0. The summed E-state index contributed by atoms with van der Waals surface area (Å²) in [6.07, 6.45) is 4.18. The van der Waals surface area contributed by atoms with E-state index in [1.165, 1.54) is 24.2 Å². The molecule has 23 heavy (non-hydrogen) atoms. The molecule has 122 valence electrons. The Morgan fingerprint density at radius 3 is 2.61 bits per heavy atom. The van der Waals surface area contributed by atoms with Gasteiger partial charge in [-0.3, -0.25) is 4.79 Å². The van der Waals surface area contributed by atoms with Crippen molar-refractivity contribution in [2.24, 2.45) is 0 Å². The van der Waals surface area contributed by atoms with Gasteiger partial charge in [0.2, 0.25) is 0 Å². The molecule has 1 amide bonds. The van der Waals surface area contributed by atoms with Gasteiger partial charge in [0, 0.05) is 19.0 Å². The van der Waals surface area contributed by atoms with Crippen molar-refractivity contribution in [3.8, 4) is 0 Å². The van der Waals surface area contributed by atoms with Gasteiger partial charge in [-0.15, -0.1) is 11.3 Å². The third-order valence-electron chi connectivity index (χ3n) is 3.95. The Kier molecular flexibility index (Phi) is 4.61. The number of pyridine rings is 1. The van der Waals surface area contributed by atoms with Crippen molar-refractivity contribution < 1.29 is 4.79 Å². The number of hydrogen-bond acceptors (Lipinski definition) is 5. The van der Waals surface area contributed by atoms with E-state index >= 15 is 0 Å². The van der Waals surface area contributed by atoms with E-state index in [2.05, 4.69) is 34.0 Å². The van der Waals surface area contributed by atoms with Gasteiger partial charge in [0.1, 0.15) is 10.7 Å². The Morgan fingerprint density at radius 2 is 2.04 bits per heavy atom. The van der Waals surface area contributed by atoms with Crippen LogP contribution in [0.1, 0.15) is 53.0 Å². The smallest absolute Gasteiger partial charge is 0.267 e. The lowest BCUT2D eigenvalue weighted by Crippen LogP contribution is -2.19. The Hall–Kier alpha value is -1.95. The number of anilines is 2. The van der Waals surface area contributed by atoms with Crippen molar-refractivity contribution in [2.45, 2.75) is 39.5 Å². The predicted octanol–water partition coefficient (Wildman–Crippen LogP) is 3.82. The van der Waals surface area contributed by atoms with Crippen molar-refractivity contribution in [3.63, 3.8) is 0 Å². The molecule has 3 heterocycles. The maximum atomic E-state index is 12.4. The number of thiazole rings is 1. The van der Waals surface area contributed by atoms with Gasteiger partial charge in [-0.2, -0.15) is 0 Å². The van der Waals surface area contributed by atoms with E-state index in [9.17, 15) is 4.79 Å². The zero-order valence-electron chi connectivity index (χ0n) is 13.8. The first-order valence-electron chi connectivity index (χ1n) is 8.04. The van der Waals surface area contributed by atoms with Crippen LogP contribution in [0.4, 0.5) is 11.5 Å². The third-order valence-corrected chi connectivity index (χ3v) is 5.41. The predicted molar refractivity (Wildman–Crippen MR) is 94.6 cm³/mol. The average Bonchev–Trinajstić information content (AvgIpc) is 3.17. The molecule has 3 rings (SSSR count). The molecule has 0 atom stereocenters. The van der Waals surface area contributed by atoms with Crippen LogP contribution in [-0.4, -0.2) is 29.0 Å². The van der Waals surface area contributed by atoms with E-state index in [1.807, 2.05) is 19.1 Å². The van der Waals surface area contributed by atoms with Gasteiger partial charge in [0.15, 0.2) is 0 Å².